The lowest BCUT2D eigenvalue weighted by Crippen LogP contribution is -2.48. The van der Waals surface area contributed by atoms with Crippen LogP contribution in [-0.2, 0) is 16.1 Å². The molecular weight excluding hydrogens is 447 g/mol. The molecule has 0 N–H and O–H groups in total. The Kier molecular flexibility index (Phi) is 7.34. The van der Waals surface area contributed by atoms with Crippen LogP contribution in [0.25, 0.3) is 0 Å². The van der Waals surface area contributed by atoms with E-state index in [4.69, 9.17) is 9.47 Å². The molecule has 1 aliphatic rings. The first-order chi connectivity index (χ1) is 16.9. The molecule has 1 heterocycles. The van der Waals surface area contributed by atoms with Crippen molar-refractivity contribution in [1.82, 2.24) is 4.90 Å². The molecule has 0 aromatic heterocycles. The maximum atomic E-state index is 13.8. The summed E-state index contributed by atoms with van der Waals surface area (Å²) in [4.78, 5) is 30.4. The number of nitrogens with zero attached hydrogens (tertiary/aromatic N) is 2. The van der Waals surface area contributed by atoms with Gasteiger partial charge in [-0.3, -0.25) is 9.59 Å². The number of ether oxygens (including phenoxy) is 2. The molecule has 1 fully saturated rings. The lowest BCUT2D eigenvalue weighted by molar-refractivity contribution is -0.137. The molecule has 4 rings (SSSR count). The van der Waals surface area contributed by atoms with Crippen LogP contribution in [0.15, 0.2) is 72.8 Å². The Morgan fingerprint density at radius 2 is 1.69 bits per heavy atom. The van der Waals surface area contributed by atoms with Crippen molar-refractivity contribution in [2.75, 3.05) is 26.2 Å². The fourth-order valence-electron chi connectivity index (χ4n) is 4.69. The van der Waals surface area contributed by atoms with Crippen molar-refractivity contribution in [3.63, 3.8) is 0 Å². The highest BCUT2D eigenvalue weighted by atomic mass is 19.1. The van der Waals surface area contributed by atoms with Crippen LogP contribution in [0.3, 0.4) is 0 Å². The fourth-order valence-corrected chi connectivity index (χ4v) is 4.69. The third-order valence-electron chi connectivity index (χ3n) is 6.43. The summed E-state index contributed by atoms with van der Waals surface area (Å²) in [5, 5.41) is 0. The summed E-state index contributed by atoms with van der Waals surface area (Å²) in [6.45, 7) is 0.338. The van der Waals surface area contributed by atoms with Gasteiger partial charge in [-0.25, -0.2) is 4.39 Å². The average molecular weight is 477 g/mol. The van der Waals surface area contributed by atoms with Crippen molar-refractivity contribution in [1.29, 1.82) is 0 Å². The van der Waals surface area contributed by atoms with Gasteiger partial charge in [-0.15, -0.1) is 0 Å². The molecule has 3 aromatic carbocycles. The Balaban J connectivity index is 1.73. The zero-order chi connectivity index (χ0) is 24.9. The van der Waals surface area contributed by atoms with Crippen molar-refractivity contribution in [2.24, 2.45) is 5.92 Å². The molecule has 0 saturated carbocycles. The van der Waals surface area contributed by atoms with E-state index >= 15 is 0 Å². The van der Waals surface area contributed by atoms with Crippen LogP contribution >= 0.6 is 0 Å². The molecule has 0 radical (unpaired) electrons. The molecule has 0 bridgehead atoms. The van der Waals surface area contributed by atoms with Gasteiger partial charge < -0.3 is 19.3 Å². The quantitative estimate of drug-likeness (QED) is 0.482. The van der Waals surface area contributed by atoms with Crippen LogP contribution in [0, 0.1) is 11.7 Å². The monoisotopic (exact) mass is 476 g/mol. The van der Waals surface area contributed by atoms with Gasteiger partial charge in [0, 0.05) is 31.3 Å². The van der Waals surface area contributed by atoms with E-state index < -0.39 is 12.0 Å². The Hall–Kier alpha value is -3.87. The Labute approximate surface area is 204 Å². The number of amides is 2. The fraction of sp³-hybridized carbons (Fsp3) is 0.286. The topological polar surface area (TPSA) is 59.1 Å². The van der Waals surface area contributed by atoms with Crippen LogP contribution in [0.4, 0.5) is 10.1 Å². The van der Waals surface area contributed by atoms with Gasteiger partial charge in [-0.1, -0.05) is 30.3 Å². The van der Waals surface area contributed by atoms with Gasteiger partial charge in [0.2, 0.25) is 11.8 Å². The van der Waals surface area contributed by atoms with Crippen LogP contribution in [0.1, 0.15) is 30.0 Å². The number of piperidine rings is 1. The molecule has 35 heavy (non-hydrogen) atoms. The third-order valence-corrected chi connectivity index (χ3v) is 6.43. The van der Waals surface area contributed by atoms with E-state index in [1.807, 2.05) is 36.4 Å². The maximum absolute atomic E-state index is 13.8. The summed E-state index contributed by atoms with van der Waals surface area (Å²) in [6, 6.07) is 20.3. The normalized spacial score (nSPS) is 17.7. The van der Waals surface area contributed by atoms with Crippen molar-refractivity contribution < 1.29 is 23.5 Å². The van der Waals surface area contributed by atoms with E-state index in [1.165, 1.54) is 12.1 Å². The van der Waals surface area contributed by atoms with Crippen LogP contribution in [0.2, 0.25) is 0 Å². The largest absolute Gasteiger partial charge is 0.497 e. The number of carbonyl (C=O) groups is 2. The summed E-state index contributed by atoms with van der Waals surface area (Å²) in [6.07, 6.45) is 0.666. The summed E-state index contributed by atoms with van der Waals surface area (Å²) in [5.41, 5.74) is 2.28. The number of rotatable bonds is 7. The molecule has 1 aliphatic heterocycles. The molecule has 0 spiro atoms. The van der Waals surface area contributed by atoms with Crippen molar-refractivity contribution in [3.05, 3.63) is 89.7 Å². The second-order valence-corrected chi connectivity index (χ2v) is 8.61. The van der Waals surface area contributed by atoms with E-state index in [9.17, 15) is 14.0 Å². The summed E-state index contributed by atoms with van der Waals surface area (Å²) < 4.78 is 24.2. The smallest absolute Gasteiger partial charge is 0.228 e. The second kappa shape index (κ2) is 10.6. The number of halogens is 1. The molecule has 6 nitrogen and oxygen atoms in total. The Morgan fingerprint density at radius 1 is 1.00 bits per heavy atom. The number of benzene rings is 3. The summed E-state index contributed by atoms with van der Waals surface area (Å²) in [5.74, 6) is 0.340. The zero-order valence-corrected chi connectivity index (χ0v) is 20.1. The predicted octanol–water partition coefficient (Wildman–Crippen LogP) is 4.99. The highest BCUT2D eigenvalue weighted by Crippen LogP contribution is 2.44. The molecule has 3 aromatic rings. The highest BCUT2D eigenvalue weighted by molar-refractivity contribution is 5.97. The SMILES string of the molecule is COc1ccc(N2C(=O)CCC(C(=O)N(C)Cc3ccc(F)cc3)C2c2ccccc2OC)cc1. The van der Waals surface area contributed by atoms with E-state index in [0.29, 0.717) is 30.2 Å². The maximum Gasteiger partial charge on any atom is 0.228 e. The van der Waals surface area contributed by atoms with Gasteiger partial charge in [0.15, 0.2) is 0 Å². The van der Waals surface area contributed by atoms with Gasteiger partial charge in [0.25, 0.3) is 0 Å². The predicted molar refractivity (Wildman–Crippen MR) is 132 cm³/mol. The summed E-state index contributed by atoms with van der Waals surface area (Å²) >= 11 is 0. The van der Waals surface area contributed by atoms with E-state index in [-0.39, 0.29) is 24.1 Å². The number of hydrogen-bond acceptors (Lipinski definition) is 4. The van der Waals surface area contributed by atoms with Crippen molar-refractivity contribution in [2.45, 2.75) is 25.4 Å². The molecule has 2 atom stereocenters. The average Bonchev–Trinajstić information content (AvgIpc) is 2.89. The van der Waals surface area contributed by atoms with Gasteiger partial charge in [0.05, 0.1) is 26.2 Å². The van der Waals surface area contributed by atoms with Gasteiger partial charge in [0.1, 0.15) is 17.3 Å². The first-order valence-electron chi connectivity index (χ1n) is 11.5. The minimum Gasteiger partial charge on any atom is -0.497 e. The molecule has 2 unspecified atom stereocenters. The minimum absolute atomic E-state index is 0.0590. The molecule has 0 aliphatic carbocycles. The Morgan fingerprint density at radius 3 is 2.34 bits per heavy atom. The first-order valence-corrected chi connectivity index (χ1v) is 11.5. The zero-order valence-electron chi connectivity index (χ0n) is 20.1. The van der Waals surface area contributed by atoms with Crippen LogP contribution in [-0.4, -0.2) is 38.0 Å². The van der Waals surface area contributed by atoms with Crippen molar-refractivity contribution >= 4 is 17.5 Å². The second-order valence-electron chi connectivity index (χ2n) is 8.61. The third kappa shape index (κ3) is 5.14. The van der Waals surface area contributed by atoms with Crippen LogP contribution in [0.5, 0.6) is 11.5 Å². The number of para-hydroxylation sites is 1. The lowest BCUT2D eigenvalue weighted by Gasteiger charge is -2.42. The lowest BCUT2D eigenvalue weighted by atomic mass is 9.82. The number of carbonyl (C=O) groups excluding carboxylic acids is 2. The van der Waals surface area contributed by atoms with Crippen LogP contribution < -0.4 is 14.4 Å². The van der Waals surface area contributed by atoms with Gasteiger partial charge >= 0.3 is 0 Å². The summed E-state index contributed by atoms with van der Waals surface area (Å²) in [7, 11) is 4.90. The molecule has 2 amide bonds. The van der Waals surface area contributed by atoms with Gasteiger partial charge in [-0.2, -0.15) is 0 Å². The molecular formula is C28H29FN2O4. The Bertz CT molecular complexity index is 1180. The molecule has 7 heteroatoms. The minimum atomic E-state index is -0.552. The number of hydrogen-bond donors (Lipinski definition) is 0. The number of anilines is 1. The molecule has 1 saturated heterocycles. The number of methoxy groups -OCH3 is 2. The standard InChI is InChI=1S/C28H29FN2O4/c1-30(18-19-8-10-20(29)11-9-19)28(33)24-16-17-26(32)31(21-12-14-22(34-2)15-13-21)27(24)23-6-4-5-7-25(23)35-3/h4-15,24,27H,16-18H2,1-3H3. The van der Waals surface area contributed by atoms with E-state index in [2.05, 4.69) is 0 Å². The highest BCUT2D eigenvalue weighted by Gasteiger charge is 2.43. The first kappa shape index (κ1) is 24.3. The molecule has 182 valence electrons. The van der Waals surface area contributed by atoms with E-state index in [1.54, 1.807) is 55.3 Å². The van der Waals surface area contributed by atoms with E-state index in [0.717, 1.165) is 11.1 Å². The van der Waals surface area contributed by atoms with Gasteiger partial charge in [-0.05, 0) is 54.4 Å². The van der Waals surface area contributed by atoms with Crippen molar-refractivity contribution in [3.8, 4) is 11.5 Å².